The number of fused-ring (bicyclic) bond motifs is 2. The van der Waals surface area contributed by atoms with Gasteiger partial charge in [-0.25, -0.2) is 0 Å². The molecule has 2 aliphatic heterocycles. The van der Waals surface area contributed by atoms with Crippen LogP contribution in [0, 0.1) is 0 Å². The molecule has 18 heavy (non-hydrogen) atoms. The minimum absolute atomic E-state index is 0.602. The topological polar surface area (TPSA) is 15.3 Å². The minimum atomic E-state index is 0.602. The Kier molecular flexibility index (Phi) is 3.48. The molecule has 1 aromatic rings. The van der Waals surface area contributed by atoms with Gasteiger partial charge in [-0.05, 0) is 24.8 Å². The zero-order valence-corrected chi connectivity index (χ0v) is 10.9. The van der Waals surface area contributed by atoms with Crippen molar-refractivity contribution in [1.82, 2.24) is 10.2 Å². The van der Waals surface area contributed by atoms with Crippen LogP contribution in [0.15, 0.2) is 43.0 Å². The van der Waals surface area contributed by atoms with Crippen molar-refractivity contribution in [2.75, 3.05) is 6.54 Å². The molecule has 2 saturated heterocycles. The second kappa shape index (κ2) is 5.25. The molecular weight excluding hydrogens is 220 g/mol. The Labute approximate surface area is 110 Å². The molecule has 0 saturated carbocycles. The van der Waals surface area contributed by atoms with E-state index in [1.165, 1.54) is 18.4 Å². The third-order valence-electron chi connectivity index (χ3n) is 4.40. The molecule has 3 rings (SSSR count). The fourth-order valence-corrected chi connectivity index (χ4v) is 3.50. The van der Waals surface area contributed by atoms with Crippen molar-refractivity contribution in [1.29, 1.82) is 0 Å². The Hall–Kier alpha value is -1.12. The second-order valence-corrected chi connectivity index (χ2v) is 5.50. The Morgan fingerprint density at radius 3 is 2.89 bits per heavy atom. The molecule has 2 nitrogen and oxygen atoms in total. The van der Waals surface area contributed by atoms with Crippen LogP contribution >= 0.6 is 0 Å². The molecule has 2 fully saturated rings. The first kappa shape index (κ1) is 11.9. The highest BCUT2D eigenvalue weighted by molar-refractivity contribution is 5.16. The van der Waals surface area contributed by atoms with Crippen molar-refractivity contribution >= 4 is 0 Å². The standard InChI is InChI=1S/C16H22N2/c1-2-6-15-16-10-9-14(11-17-15)18(16)12-13-7-4-3-5-8-13/h2-5,7-8,14-17H,1,6,9-12H2/t14-,15+,16?/m0/s1. The quantitative estimate of drug-likeness (QED) is 0.816. The van der Waals surface area contributed by atoms with Crippen molar-refractivity contribution in [2.24, 2.45) is 0 Å². The molecule has 96 valence electrons. The summed E-state index contributed by atoms with van der Waals surface area (Å²) >= 11 is 0. The van der Waals surface area contributed by atoms with Gasteiger partial charge in [0.1, 0.15) is 0 Å². The van der Waals surface area contributed by atoms with E-state index in [9.17, 15) is 0 Å². The number of nitrogens with one attached hydrogen (secondary N) is 1. The predicted octanol–water partition coefficient (Wildman–Crippen LogP) is 2.57. The van der Waals surface area contributed by atoms with Crippen LogP contribution in [0.4, 0.5) is 0 Å². The Bertz CT molecular complexity index is 401. The van der Waals surface area contributed by atoms with Gasteiger partial charge >= 0.3 is 0 Å². The van der Waals surface area contributed by atoms with Gasteiger partial charge in [0.25, 0.3) is 0 Å². The highest BCUT2D eigenvalue weighted by atomic mass is 15.3. The number of hydrogen-bond donors (Lipinski definition) is 1. The van der Waals surface area contributed by atoms with Crippen molar-refractivity contribution in [3.8, 4) is 0 Å². The van der Waals surface area contributed by atoms with E-state index in [0.717, 1.165) is 25.6 Å². The van der Waals surface area contributed by atoms with Gasteiger partial charge in [-0.1, -0.05) is 36.4 Å². The molecule has 1 unspecified atom stereocenters. The molecule has 0 aliphatic carbocycles. The molecule has 2 aliphatic rings. The van der Waals surface area contributed by atoms with Gasteiger partial charge in [0.2, 0.25) is 0 Å². The van der Waals surface area contributed by atoms with E-state index in [1.54, 1.807) is 0 Å². The molecule has 1 aromatic carbocycles. The lowest BCUT2D eigenvalue weighted by Crippen LogP contribution is -2.57. The van der Waals surface area contributed by atoms with Crippen LogP contribution in [0.3, 0.4) is 0 Å². The molecule has 0 amide bonds. The van der Waals surface area contributed by atoms with Crippen LogP contribution in [0.25, 0.3) is 0 Å². The first-order chi connectivity index (χ1) is 8.88. The summed E-state index contributed by atoms with van der Waals surface area (Å²) < 4.78 is 0. The number of nitrogens with zero attached hydrogens (tertiary/aromatic N) is 1. The van der Waals surface area contributed by atoms with E-state index in [1.807, 2.05) is 0 Å². The molecule has 0 aromatic heterocycles. The first-order valence-electron chi connectivity index (χ1n) is 7.02. The van der Waals surface area contributed by atoms with Crippen LogP contribution in [0.1, 0.15) is 24.8 Å². The van der Waals surface area contributed by atoms with Gasteiger partial charge in [-0.3, -0.25) is 4.90 Å². The number of piperazine rings is 1. The van der Waals surface area contributed by atoms with E-state index < -0.39 is 0 Å². The number of rotatable bonds is 4. The van der Waals surface area contributed by atoms with Crippen LogP contribution in [0.2, 0.25) is 0 Å². The third kappa shape index (κ3) is 2.23. The van der Waals surface area contributed by atoms with E-state index in [2.05, 4.69) is 53.2 Å². The first-order valence-corrected chi connectivity index (χ1v) is 7.02. The average molecular weight is 242 g/mol. The maximum absolute atomic E-state index is 3.89. The molecule has 0 radical (unpaired) electrons. The van der Waals surface area contributed by atoms with Crippen LogP contribution in [0.5, 0.6) is 0 Å². The van der Waals surface area contributed by atoms with Gasteiger partial charge in [0.15, 0.2) is 0 Å². The highest BCUT2D eigenvalue weighted by Gasteiger charge is 2.41. The molecule has 0 spiro atoms. The van der Waals surface area contributed by atoms with Gasteiger partial charge < -0.3 is 5.32 Å². The van der Waals surface area contributed by atoms with Crippen LogP contribution in [-0.2, 0) is 6.54 Å². The lowest BCUT2D eigenvalue weighted by Gasteiger charge is -2.40. The van der Waals surface area contributed by atoms with Crippen molar-refractivity contribution in [3.05, 3.63) is 48.6 Å². The summed E-state index contributed by atoms with van der Waals surface area (Å²) in [6.45, 7) is 6.13. The average Bonchev–Trinajstić information content (AvgIpc) is 2.67. The lowest BCUT2D eigenvalue weighted by molar-refractivity contribution is 0.109. The molecular formula is C16H22N2. The molecule has 2 heterocycles. The summed E-state index contributed by atoms with van der Waals surface area (Å²) in [6.07, 6.45) is 5.82. The van der Waals surface area contributed by atoms with Crippen LogP contribution in [-0.4, -0.2) is 29.6 Å². The normalized spacial score (nSPS) is 31.4. The van der Waals surface area contributed by atoms with Crippen molar-refractivity contribution in [2.45, 2.75) is 43.9 Å². The molecule has 2 bridgehead atoms. The number of hydrogen-bond acceptors (Lipinski definition) is 2. The minimum Gasteiger partial charge on any atom is -0.311 e. The monoisotopic (exact) mass is 242 g/mol. The molecule has 3 atom stereocenters. The lowest BCUT2D eigenvalue weighted by atomic mass is 10.0. The largest absolute Gasteiger partial charge is 0.311 e. The highest BCUT2D eigenvalue weighted by Crippen LogP contribution is 2.32. The van der Waals surface area contributed by atoms with Crippen molar-refractivity contribution in [3.63, 3.8) is 0 Å². The fourth-order valence-electron chi connectivity index (χ4n) is 3.50. The van der Waals surface area contributed by atoms with Crippen molar-refractivity contribution < 1.29 is 0 Å². The van der Waals surface area contributed by atoms with Gasteiger partial charge in [-0.15, -0.1) is 6.58 Å². The summed E-state index contributed by atoms with van der Waals surface area (Å²) in [6, 6.07) is 12.9. The SMILES string of the molecule is C=CC[C@H]1NC[C@@H]2CCC1N2Cc1ccccc1. The Morgan fingerprint density at radius 2 is 2.11 bits per heavy atom. The summed E-state index contributed by atoms with van der Waals surface area (Å²) in [5, 5.41) is 3.68. The molecule has 1 N–H and O–H groups in total. The maximum atomic E-state index is 3.89. The maximum Gasteiger partial charge on any atom is 0.0259 e. The Morgan fingerprint density at radius 1 is 1.28 bits per heavy atom. The predicted molar refractivity (Wildman–Crippen MR) is 75.4 cm³/mol. The second-order valence-electron chi connectivity index (χ2n) is 5.50. The summed E-state index contributed by atoms with van der Waals surface area (Å²) in [4.78, 5) is 2.71. The zero-order chi connectivity index (χ0) is 12.4. The van der Waals surface area contributed by atoms with E-state index >= 15 is 0 Å². The summed E-state index contributed by atoms with van der Waals surface area (Å²) in [5.74, 6) is 0. The Balaban J connectivity index is 1.73. The van der Waals surface area contributed by atoms with Gasteiger partial charge in [-0.2, -0.15) is 0 Å². The summed E-state index contributed by atoms with van der Waals surface area (Å²) in [7, 11) is 0. The van der Waals surface area contributed by atoms with Gasteiger partial charge in [0.05, 0.1) is 0 Å². The zero-order valence-electron chi connectivity index (χ0n) is 10.9. The number of benzene rings is 1. The van der Waals surface area contributed by atoms with E-state index in [0.29, 0.717) is 12.1 Å². The van der Waals surface area contributed by atoms with Crippen LogP contribution < -0.4 is 5.32 Å². The molecule has 2 heteroatoms. The van der Waals surface area contributed by atoms with E-state index in [4.69, 9.17) is 0 Å². The third-order valence-corrected chi connectivity index (χ3v) is 4.40. The fraction of sp³-hybridized carbons (Fsp3) is 0.500. The van der Waals surface area contributed by atoms with Gasteiger partial charge in [0, 0.05) is 31.2 Å². The smallest absolute Gasteiger partial charge is 0.0259 e. The van der Waals surface area contributed by atoms with E-state index in [-0.39, 0.29) is 0 Å². The summed E-state index contributed by atoms with van der Waals surface area (Å²) in [5.41, 5.74) is 1.44.